The van der Waals surface area contributed by atoms with Gasteiger partial charge in [-0.15, -0.1) is 0 Å². The summed E-state index contributed by atoms with van der Waals surface area (Å²) in [5.74, 6) is -0.651. The number of aliphatic hydroxyl groups excluding tert-OH is 1. The van der Waals surface area contributed by atoms with Crippen LogP contribution in [0.1, 0.15) is 39.8 Å². The predicted molar refractivity (Wildman–Crippen MR) is 142 cm³/mol. The molecule has 5 aromatic rings. The van der Waals surface area contributed by atoms with Gasteiger partial charge in [-0.3, -0.25) is 14.0 Å². The van der Waals surface area contributed by atoms with E-state index in [-0.39, 0.29) is 24.5 Å². The Balaban J connectivity index is 1.43. The molecule has 0 spiro atoms. The Hall–Kier alpha value is -4.28. The number of hydrogen-bond donors (Lipinski definition) is 3. The molecule has 4 aromatic heterocycles. The highest BCUT2D eigenvalue weighted by Gasteiger charge is 2.25. The molecule has 37 heavy (non-hydrogen) atoms. The van der Waals surface area contributed by atoms with Gasteiger partial charge in [0.2, 0.25) is 0 Å². The number of thiophene rings is 1. The van der Waals surface area contributed by atoms with Crippen LogP contribution in [0, 0.1) is 0 Å². The first-order valence-corrected chi connectivity index (χ1v) is 12.9. The Morgan fingerprint density at radius 3 is 2.59 bits per heavy atom. The van der Waals surface area contributed by atoms with Crippen molar-refractivity contribution in [2.75, 3.05) is 6.61 Å². The van der Waals surface area contributed by atoms with Crippen LogP contribution in [-0.2, 0) is 6.54 Å². The third-order valence-electron chi connectivity index (χ3n) is 6.11. The molecule has 9 nitrogen and oxygen atoms in total. The largest absolute Gasteiger partial charge is 0.394 e. The lowest BCUT2D eigenvalue weighted by molar-refractivity contribution is 0.0907. The molecule has 0 saturated carbocycles. The Bertz CT molecular complexity index is 1500. The lowest BCUT2D eigenvalue weighted by Crippen LogP contribution is -2.37. The monoisotopic (exact) mass is 514 g/mol. The molecule has 0 saturated heterocycles. The molecule has 1 atom stereocenters. The molecule has 188 valence electrons. The lowest BCUT2D eigenvalue weighted by atomic mass is 10.1. The summed E-state index contributed by atoms with van der Waals surface area (Å²) in [5, 5.41) is 23.5. The molecule has 4 heterocycles. The predicted octanol–water partition coefficient (Wildman–Crippen LogP) is 3.68. The zero-order valence-corrected chi connectivity index (χ0v) is 21.0. The van der Waals surface area contributed by atoms with Gasteiger partial charge in [0.15, 0.2) is 5.65 Å². The number of hydrogen-bond acceptors (Lipinski definition) is 6. The minimum atomic E-state index is -0.375. The maximum atomic E-state index is 13.3. The number of benzene rings is 1. The van der Waals surface area contributed by atoms with Gasteiger partial charge in [-0.1, -0.05) is 19.1 Å². The van der Waals surface area contributed by atoms with Crippen LogP contribution >= 0.6 is 11.3 Å². The fraction of sp³-hybridized carbons (Fsp3) is 0.185. The molecule has 2 amide bonds. The van der Waals surface area contributed by atoms with Crippen LogP contribution in [0.5, 0.6) is 0 Å². The zero-order chi connectivity index (χ0) is 25.8. The number of nitrogens with zero attached hydrogens (tertiary/aromatic N) is 4. The standard InChI is InChI=1S/C27H26N6O3S/c1-2-20(16-34)30-27(36)24-23(19-10-14-37-17-19)31-25-22(5-3-12-32(24)25)26(35)28-15-18-6-8-21(9-7-18)33-13-4-11-29-33/h3-14,17,20,34H,2,15-16H2,1H3,(H,28,35)(H,30,36)/t20-/m0/s1. The van der Waals surface area contributed by atoms with E-state index in [4.69, 9.17) is 4.98 Å². The average Bonchev–Trinajstić information content (AvgIpc) is 3.71. The fourth-order valence-electron chi connectivity index (χ4n) is 4.06. The van der Waals surface area contributed by atoms with Crippen LogP contribution in [0.3, 0.4) is 0 Å². The van der Waals surface area contributed by atoms with Crippen LogP contribution in [0.4, 0.5) is 0 Å². The van der Waals surface area contributed by atoms with Gasteiger partial charge in [0.25, 0.3) is 11.8 Å². The molecule has 0 aliphatic rings. The third-order valence-corrected chi connectivity index (χ3v) is 6.79. The first-order valence-electron chi connectivity index (χ1n) is 11.9. The summed E-state index contributed by atoms with van der Waals surface area (Å²) in [6.07, 6.45) is 5.90. The summed E-state index contributed by atoms with van der Waals surface area (Å²) in [4.78, 5) is 31.2. The number of pyridine rings is 1. The average molecular weight is 515 g/mol. The van der Waals surface area contributed by atoms with Gasteiger partial charge in [0.1, 0.15) is 11.4 Å². The third kappa shape index (κ3) is 5.02. The minimum Gasteiger partial charge on any atom is -0.394 e. The maximum absolute atomic E-state index is 13.3. The van der Waals surface area contributed by atoms with Gasteiger partial charge < -0.3 is 15.7 Å². The number of carbonyl (C=O) groups is 2. The number of amides is 2. The number of aliphatic hydroxyl groups is 1. The summed E-state index contributed by atoms with van der Waals surface area (Å²) in [6.45, 7) is 2.06. The van der Waals surface area contributed by atoms with E-state index in [2.05, 4.69) is 15.7 Å². The molecule has 1 aromatic carbocycles. The Kier molecular flexibility index (Phi) is 7.11. The first kappa shape index (κ1) is 24.4. The van der Waals surface area contributed by atoms with Crippen LogP contribution < -0.4 is 10.6 Å². The zero-order valence-electron chi connectivity index (χ0n) is 20.2. The van der Waals surface area contributed by atoms with Crippen LogP contribution in [-0.4, -0.2) is 48.7 Å². The highest BCUT2D eigenvalue weighted by atomic mass is 32.1. The van der Waals surface area contributed by atoms with Crippen molar-refractivity contribution >= 4 is 28.8 Å². The van der Waals surface area contributed by atoms with Crippen LogP contribution in [0.15, 0.2) is 77.9 Å². The number of aromatic nitrogens is 4. The highest BCUT2D eigenvalue weighted by molar-refractivity contribution is 7.08. The quantitative estimate of drug-likeness (QED) is 0.278. The number of carbonyl (C=O) groups excluding carboxylic acids is 2. The van der Waals surface area contributed by atoms with Gasteiger partial charge in [-0.25, -0.2) is 9.67 Å². The Morgan fingerprint density at radius 2 is 1.92 bits per heavy atom. The minimum absolute atomic E-state index is 0.163. The van der Waals surface area contributed by atoms with E-state index < -0.39 is 0 Å². The van der Waals surface area contributed by atoms with Gasteiger partial charge in [0, 0.05) is 36.1 Å². The van der Waals surface area contributed by atoms with Crippen molar-refractivity contribution in [1.29, 1.82) is 0 Å². The van der Waals surface area contributed by atoms with Crippen LogP contribution in [0.25, 0.3) is 22.6 Å². The van der Waals surface area contributed by atoms with Gasteiger partial charge in [-0.05, 0) is 53.8 Å². The van der Waals surface area contributed by atoms with Gasteiger partial charge in [0.05, 0.1) is 23.9 Å². The van der Waals surface area contributed by atoms with E-state index in [1.54, 1.807) is 33.6 Å². The van der Waals surface area contributed by atoms with E-state index in [0.29, 0.717) is 35.6 Å². The molecule has 5 rings (SSSR count). The number of nitrogens with one attached hydrogen (secondary N) is 2. The summed E-state index contributed by atoms with van der Waals surface area (Å²) >= 11 is 1.50. The van der Waals surface area contributed by atoms with Crippen molar-refractivity contribution in [3.05, 3.63) is 94.7 Å². The Labute approximate surface area is 217 Å². The summed E-state index contributed by atoms with van der Waals surface area (Å²) < 4.78 is 3.41. The molecule has 3 N–H and O–H groups in total. The number of rotatable bonds is 9. The topological polar surface area (TPSA) is 114 Å². The first-order chi connectivity index (χ1) is 18.1. The second kappa shape index (κ2) is 10.8. The van der Waals surface area contributed by atoms with Crippen molar-refractivity contribution < 1.29 is 14.7 Å². The van der Waals surface area contributed by atoms with Crippen molar-refractivity contribution in [3.8, 4) is 16.9 Å². The molecule has 0 bridgehead atoms. The Morgan fingerprint density at radius 1 is 1.08 bits per heavy atom. The SMILES string of the molecule is CC[C@@H](CO)NC(=O)c1c(-c2ccsc2)nc2c(C(=O)NCc3ccc(-n4cccn4)cc3)cccn12. The number of fused-ring (bicyclic) bond motifs is 1. The maximum Gasteiger partial charge on any atom is 0.270 e. The molecule has 0 aliphatic heterocycles. The van der Waals surface area contributed by atoms with E-state index in [1.807, 2.05) is 60.3 Å². The highest BCUT2D eigenvalue weighted by Crippen LogP contribution is 2.28. The lowest BCUT2D eigenvalue weighted by Gasteiger charge is -2.14. The molecular formula is C27H26N6O3S. The summed E-state index contributed by atoms with van der Waals surface area (Å²) in [6, 6.07) is 14.6. The van der Waals surface area contributed by atoms with E-state index >= 15 is 0 Å². The molecule has 0 aliphatic carbocycles. The fourth-order valence-corrected chi connectivity index (χ4v) is 4.70. The van der Waals surface area contributed by atoms with Crippen molar-refractivity contribution in [1.82, 2.24) is 29.8 Å². The van der Waals surface area contributed by atoms with Gasteiger partial charge >= 0.3 is 0 Å². The molecular weight excluding hydrogens is 488 g/mol. The molecule has 0 fully saturated rings. The van der Waals surface area contributed by atoms with E-state index in [1.165, 1.54) is 11.3 Å². The summed E-state index contributed by atoms with van der Waals surface area (Å²) in [5.41, 5.74) is 4.22. The number of imidazole rings is 1. The summed E-state index contributed by atoms with van der Waals surface area (Å²) in [7, 11) is 0. The smallest absolute Gasteiger partial charge is 0.270 e. The molecule has 0 unspecified atom stereocenters. The van der Waals surface area contributed by atoms with Crippen molar-refractivity contribution in [3.63, 3.8) is 0 Å². The van der Waals surface area contributed by atoms with Crippen molar-refractivity contribution in [2.45, 2.75) is 25.9 Å². The van der Waals surface area contributed by atoms with Crippen molar-refractivity contribution in [2.24, 2.45) is 0 Å². The molecule has 10 heteroatoms. The van der Waals surface area contributed by atoms with Crippen LogP contribution in [0.2, 0.25) is 0 Å². The van der Waals surface area contributed by atoms with E-state index in [9.17, 15) is 14.7 Å². The van der Waals surface area contributed by atoms with E-state index in [0.717, 1.165) is 16.8 Å². The normalized spacial score (nSPS) is 11.9. The molecule has 0 radical (unpaired) electrons. The second-order valence-electron chi connectivity index (χ2n) is 8.50. The second-order valence-corrected chi connectivity index (χ2v) is 9.28. The van der Waals surface area contributed by atoms with Gasteiger partial charge in [-0.2, -0.15) is 16.4 Å².